The average Bonchev–Trinajstić information content (AvgIpc) is 3.06. The average molecular weight is 338 g/mol. The molecule has 0 unspecified atom stereocenters. The van der Waals surface area contributed by atoms with Crippen molar-refractivity contribution in [1.82, 2.24) is 19.9 Å². The van der Waals surface area contributed by atoms with Crippen LogP contribution in [-0.2, 0) is 0 Å². The van der Waals surface area contributed by atoms with E-state index in [4.69, 9.17) is 0 Å². The highest BCUT2D eigenvalue weighted by Gasteiger charge is 2.17. The zero-order valence-electron chi connectivity index (χ0n) is 13.8. The topological polar surface area (TPSA) is 59.3 Å². The smallest absolute Gasteiger partial charge is 0.252 e. The largest absolute Gasteiger partial charge is 0.349 e. The number of carbonyl (C=O) groups is 1. The number of nitrogens with zero attached hydrogens (tertiary/aromatic N) is 3. The van der Waals surface area contributed by atoms with E-state index >= 15 is 0 Å². The summed E-state index contributed by atoms with van der Waals surface area (Å²) in [5.41, 5.74) is 1.97. The Kier molecular flexibility index (Phi) is 4.17. The number of fused-ring (bicyclic) bond motifs is 1. The van der Waals surface area contributed by atoms with Gasteiger partial charge in [0.25, 0.3) is 5.91 Å². The van der Waals surface area contributed by atoms with Gasteiger partial charge in [0, 0.05) is 17.8 Å². The van der Waals surface area contributed by atoms with Gasteiger partial charge in [-0.15, -0.1) is 10.2 Å². The number of carbonyl (C=O) groups excluding carboxylic acids is 1. The summed E-state index contributed by atoms with van der Waals surface area (Å²) in [4.78, 5) is 12.6. The maximum absolute atomic E-state index is 13.1. The summed E-state index contributed by atoms with van der Waals surface area (Å²) in [5.74, 6) is 0.208. The SMILES string of the molecule is O=C(NC1CCCCC1)c1ccc2nnc(-c3ccc(F)cc3)n2c1. The minimum absolute atomic E-state index is 0.0763. The standard InChI is InChI=1S/C19H19FN4O/c20-15-9-6-13(7-10-15)18-23-22-17-11-8-14(12-24(17)18)19(25)21-16-4-2-1-3-5-16/h6-12,16H,1-5H2,(H,21,25). The molecule has 1 aromatic carbocycles. The first-order valence-corrected chi connectivity index (χ1v) is 8.62. The first-order valence-electron chi connectivity index (χ1n) is 8.62. The molecule has 4 rings (SSSR count). The fraction of sp³-hybridized carbons (Fsp3) is 0.316. The molecule has 0 spiro atoms. The molecule has 0 aliphatic heterocycles. The second-order valence-corrected chi connectivity index (χ2v) is 6.48. The molecule has 0 saturated heterocycles. The minimum atomic E-state index is -0.301. The summed E-state index contributed by atoms with van der Waals surface area (Å²) in [5, 5.41) is 11.4. The Labute approximate surface area is 144 Å². The Morgan fingerprint density at radius 1 is 1.04 bits per heavy atom. The van der Waals surface area contributed by atoms with Crippen molar-refractivity contribution in [3.8, 4) is 11.4 Å². The van der Waals surface area contributed by atoms with Gasteiger partial charge in [-0.3, -0.25) is 9.20 Å². The number of hydrogen-bond acceptors (Lipinski definition) is 3. The quantitative estimate of drug-likeness (QED) is 0.794. The third kappa shape index (κ3) is 3.24. The first kappa shape index (κ1) is 15.7. The number of rotatable bonds is 3. The van der Waals surface area contributed by atoms with Crippen LogP contribution in [0.25, 0.3) is 17.0 Å². The van der Waals surface area contributed by atoms with Gasteiger partial charge in [0.2, 0.25) is 0 Å². The van der Waals surface area contributed by atoms with Crippen LogP contribution in [0.15, 0.2) is 42.6 Å². The van der Waals surface area contributed by atoms with E-state index in [1.54, 1.807) is 34.9 Å². The molecule has 0 atom stereocenters. The Balaban J connectivity index is 1.63. The molecule has 1 aliphatic carbocycles. The maximum atomic E-state index is 13.1. The Hall–Kier alpha value is -2.76. The number of benzene rings is 1. The normalized spacial score (nSPS) is 15.4. The predicted octanol–water partition coefficient (Wildman–Crippen LogP) is 3.60. The highest BCUT2D eigenvalue weighted by atomic mass is 19.1. The molecule has 128 valence electrons. The summed E-state index contributed by atoms with van der Waals surface area (Å²) in [7, 11) is 0. The monoisotopic (exact) mass is 338 g/mol. The lowest BCUT2D eigenvalue weighted by atomic mass is 9.95. The van der Waals surface area contributed by atoms with Gasteiger partial charge in [0.1, 0.15) is 5.82 Å². The van der Waals surface area contributed by atoms with E-state index in [9.17, 15) is 9.18 Å². The van der Waals surface area contributed by atoms with Gasteiger partial charge < -0.3 is 5.32 Å². The van der Waals surface area contributed by atoms with Crippen LogP contribution in [0.3, 0.4) is 0 Å². The molecular weight excluding hydrogens is 319 g/mol. The Morgan fingerprint density at radius 3 is 2.56 bits per heavy atom. The molecule has 1 fully saturated rings. The predicted molar refractivity (Wildman–Crippen MR) is 92.7 cm³/mol. The Morgan fingerprint density at radius 2 is 1.80 bits per heavy atom. The molecule has 6 heteroatoms. The maximum Gasteiger partial charge on any atom is 0.252 e. The van der Waals surface area contributed by atoms with E-state index in [2.05, 4.69) is 15.5 Å². The van der Waals surface area contributed by atoms with Gasteiger partial charge in [0.05, 0.1) is 5.56 Å². The summed E-state index contributed by atoms with van der Waals surface area (Å²) < 4.78 is 14.9. The van der Waals surface area contributed by atoms with Crippen molar-refractivity contribution in [2.75, 3.05) is 0 Å². The third-order valence-corrected chi connectivity index (χ3v) is 4.71. The van der Waals surface area contributed by atoms with Crippen molar-refractivity contribution in [1.29, 1.82) is 0 Å². The second kappa shape index (κ2) is 6.63. The Bertz CT molecular complexity index is 897. The molecule has 1 saturated carbocycles. The van der Waals surface area contributed by atoms with Gasteiger partial charge in [0.15, 0.2) is 11.5 Å². The highest BCUT2D eigenvalue weighted by Crippen LogP contribution is 2.20. The van der Waals surface area contributed by atoms with Crippen LogP contribution >= 0.6 is 0 Å². The molecule has 2 aromatic heterocycles. The van der Waals surface area contributed by atoms with Gasteiger partial charge in [-0.05, 0) is 49.2 Å². The molecule has 3 aromatic rings. The number of aromatic nitrogens is 3. The molecule has 25 heavy (non-hydrogen) atoms. The van der Waals surface area contributed by atoms with Gasteiger partial charge in [-0.2, -0.15) is 0 Å². The van der Waals surface area contributed by atoms with Crippen molar-refractivity contribution in [2.45, 2.75) is 38.1 Å². The fourth-order valence-corrected chi connectivity index (χ4v) is 3.34. The van der Waals surface area contributed by atoms with Gasteiger partial charge in [-0.25, -0.2) is 4.39 Å². The fourth-order valence-electron chi connectivity index (χ4n) is 3.34. The summed E-state index contributed by atoms with van der Waals surface area (Å²) >= 11 is 0. The molecule has 2 heterocycles. The molecule has 1 N–H and O–H groups in total. The van der Waals surface area contributed by atoms with Gasteiger partial charge >= 0.3 is 0 Å². The highest BCUT2D eigenvalue weighted by molar-refractivity contribution is 5.94. The first-order chi connectivity index (χ1) is 12.2. The molecule has 1 aliphatic rings. The molecular formula is C19H19FN4O. The van der Waals surface area contributed by atoms with Crippen LogP contribution in [0.5, 0.6) is 0 Å². The van der Waals surface area contributed by atoms with Crippen molar-refractivity contribution < 1.29 is 9.18 Å². The van der Waals surface area contributed by atoms with Crippen LogP contribution in [0, 0.1) is 5.82 Å². The summed E-state index contributed by atoms with van der Waals surface area (Å²) in [6, 6.07) is 9.87. The summed E-state index contributed by atoms with van der Waals surface area (Å²) in [6.07, 6.45) is 7.42. The van der Waals surface area contributed by atoms with E-state index in [-0.39, 0.29) is 17.8 Å². The lowest BCUT2D eigenvalue weighted by Gasteiger charge is -2.22. The number of nitrogens with one attached hydrogen (secondary N) is 1. The summed E-state index contributed by atoms with van der Waals surface area (Å²) in [6.45, 7) is 0. The lowest BCUT2D eigenvalue weighted by Crippen LogP contribution is -2.36. The van der Waals surface area contributed by atoms with Crippen molar-refractivity contribution >= 4 is 11.6 Å². The zero-order valence-corrected chi connectivity index (χ0v) is 13.8. The van der Waals surface area contributed by atoms with E-state index in [1.807, 2.05) is 0 Å². The number of halogens is 1. The van der Waals surface area contributed by atoms with Crippen LogP contribution in [-0.4, -0.2) is 26.5 Å². The third-order valence-electron chi connectivity index (χ3n) is 4.71. The zero-order chi connectivity index (χ0) is 17.2. The van der Waals surface area contributed by atoms with Crippen molar-refractivity contribution in [3.05, 3.63) is 54.0 Å². The van der Waals surface area contributed by atoms with E-state index in [1.165, 1.54) is 31.4 Å². The van der Waals surface area contributed by atoms with Crippen molar-refractivity contribution in [3.63, 3.8) is 0 Å². The van der Waals surface area contributed by atoms with Crippen LogP contribution in [0.1, 0.15) is 42.5 Å². The minimum Gasteiger partial charge on any atom is -0.349 e. The van der Waals surface area contributed by atoms with Crippen LogP contribution in [0.4, 0.5) is 4.39 Å². The molecule has 5 nitrogen and oxygen atoms in total. The molecule has 1 amide bonds. The van der Waals surface area contributed by atoms with E-state index in [0.29, 0.717) is 17.0 Å². The van der Waals surface area contributed by atoms with Crippen LogP contribution < -0.4 is 5.32 Å². The van der Waals surface area contributed by atoms with Crippen molar-refractivity contribution in [2.24, 2.45) is 0 Å². The molecule has 0 bridgehead atoms. The molecule has 0 radical (unpaired) electrons. The lowest BCUT2D eigenvalue weighted by molar-refractivity contribution is 0.0927. The number of amides is 1. The van der Waals surface area contributed by atoms with E-state index < -0.39 is 0 Å². The number of pyridine rings is 1. The number of hydrogen-bond donors (Lipinski definition) is 1. The van der Waals surface area contributed by atoms with E-state index in [0.717, 1.165) is 18.4 Å². The van der Waals surface area contributed by atoms with Crippen LogP contribution in [0.2, 0.25) is 0 Å². The van der Waals surface area contributed by atoms with Gasteiger partial charge in [-0.1, -0.05) is 19.3 Å². The second-order valence-electron chi connectivity index (χ2n) is 6.48.